The largest absolute Gasteiger partial charge is 0.481 e. The summed E-state index contributed by atoms with van der Waals surface area (Å²) in [6.07, 6.45) is 6.84. The van der Waals surface area contributed by atoms with E-state index < -0.39 is 0 Å². The molecule has 22 heavy (non-hydrogen) atoms. The molecule has 0 radical (unpaired) electrons. The number of terminal acetylenes is 1. The lowest BCUT2D eigenvalue weighted by molar-refractivity contribution is 0.370. The Hall–Kier alpha value is -2.15. The lowest BCUT2D eigenvalue weighted by Gasteiger charge is -2.06. The van der Waals surface area contributed by atoms with E-state index in [9.17, 15) is 0 Å². The molecule has 1 N–H and O–H groups in total. The summed E-state index contributed by atoms with van der Waals surface area (Å²) < 4.78 is 5.29. The average Bonchev–Trinajstić information content (AvgIpc) is 2.53. The van der Waals surface area contributed by atoms with Crippen LogP contribution in [-0.4, -0.2) is 12.8 Å². The van der Waals surface area contributed by atoms with Crippen molar-refractivity contribution in [3.63, 3.8) is 0 Å². The predicted molar refractivity (Wildman–Crippen MR) is 91.7 cm³/mol. The molecule has 0 bridgehead atoms. The molecule has 2 aromatic rings. The molecule has 2 rings (SSSR count). The molecule has 0 spiro atoms. The van der Waals surface area contributed by atoms with Crippen molar-refractivity contribution in [1.29, 1.82) is 0 Å². The molecule has 0 amide bonds. The van der Waals surface area contributed by atoms with Crippen molar-refractivity contribution in [3.8, 4) is 18.1 Å². The van der Waals surface area contributed by atoms with Crippen LogP contribution < -0.4 is 10.2 Å². The van der Waals surface area contributed by atoms with E-state index in [0.717, 1.165) is 16.9 Å². The maximum Gasteiger partial charge on any atom is 0.148 e. The van der Waals surface area contributed by atoms with E-state index in [0.29, 0.717) is 16.6 Å². The third-order valence-corrected chi connectivity index (χ3v) is 3.53. The first-order valence-electron chi connectivity index (χ1n) is 6.56. The molecule has 0 fully saturated rings. The highest BCUT2D eigenvalue weighted by Gasteiger charge is 2.03. The minimum absolute atomic E-state index is 0.258. The molecule has 0 aliphatic heterocycles. The molecule has 3 nitrogen and oxygen atoms in total. The molecular weight excluding hydrogens is 319 g/mol. The first kappa shape index (κ1) is 16.2. The summed E-state index contributed by atoms with van der Waals surface area (Å²) in [4.78, 5) is 0. The minimum atomic E-state index is 0.258. The highest BCUT2D eigenvalue weighted by Crippen LogP contribution is 2.23. The first-order valence-corrected chi connectivity index (χ1v) is 7.31. The zero-order valence-electron chi connectivity index (χ0n) is 11.7. The lowest BCUT2D eigenvalue weighted by atomic mass is 10.2. The van der Waals surface area contributed by atoms with Crippen molar-refractivity contribution in [1.82, 2.24) is 5.43 Å². The Bertz CT molecular complexity index is 671. The molecule has 0 saturated carbocycles. The molecular formula is C17H14Cl2N2O. The SMILES string of the molecule is C#CCOc1ccc(/C=N\NCc2c(Cl)cccc2Cl)cc1. The van der Waals surface area contributed by atoms with Crippen molar-refractivity contribution < 1.29 is 4.74 Å². The molecule has 0 aromatic heterocycles. The number of hydrazone groups is 1. The molecule has 0 heterocycles. The number of rotatable bonds is 6. The van der Waals surface area contributed by atoms with Gasteiger partial charge in [0.1, 0.15) is 12.4 Å². The second-order valence-electron chi connectivity index (χ2n) is 4.36. The number of nitrogens with zero attached hydrogens (tertiary/aromatic N) is 1. The van der Waals surface area contributed by atoms with Gasteiger partial charge in [0.2, 0.25) is 0 Å². The topological polar surface area (TPSA) is 33.6 Å². The summed E-state index contributed by atoms with van der Waals surface area (Å²) in [6.45, 7) is 0.714. The van der Waals surface area contributed by atoms with Gasteiger partial charge in [-0.2, -0.15) is 5.10 Å². The van der Waals surface area contributed by atoms with Gasteiger partial charge in [0.25, 0.3) is 0 Å². The summed E-state index contributed by atoms with van der Waals surface area (Å²) in [5, 5.41) is 5.38. The first-order chi connectivity index (χ1) is 10.7. The van der Waals surface area contributed by atoms with Gasteiger partial charge in [0.05, 0.1) is 12.8 Å². The van der Waals surface area contributed by atoms with Gasteiger partial charge >= 0.3 is 0 Å². The fraction of sp³-hybridized carbons (Fsp3) is 0.118. The normalized spacial score (nSPS) is 10.4. The van der Waals surface area contributed by atoms with Crippen molar-refractivity contribution in [3.05, 3.63) is 63.6 Å². The Balaban J connectivity index is 1.89. The molecule has 0 aliphatic carbocycles. The fourth-order valence-electron chi connectivity index (χ4n) is 1.72. The van der Waals surface area contributed by atoms with Gasteiger partial charge in [-0.3, -0.25) is 0 Å². The molecule has 2 aromatic carbocycles. The van der Waals surface area contributed by atoms with Crippen LogP contribution in [0.1, 0.15) is 11.1 Å². The minimum Gasteiger partial charge on any atom is -0.481 e. The van der Waals surface area contributed by atoms with Crippen LogP contribution in [0.25, 0.3) is 0 Å². The maximum absolute atomic E-state index is 6.08. The highest BCUT2D eigenvalue weighted by molar-refractivity contribution is 6.35. The highest BCUT2D eigenvalue weighted by atomic mass is 35.5. The van der Waals surface area contributed by atoms with Gasteiger partial charge in [-0.25, -0.2) is 0 Å². The van der Waals surface area contributed by atoms with Crippen LogP contribution in [0.15, 0.2) is 47.6 Å². The van der Waals surface area contributed by atoms with E-state index >= 15 is 0 Å². The van der Waals surface area contributed by atoms with Gasteiger partial charge < -0.3 is 10.2 Å². The van der Waals surface area contributed by atoms with Crippen LogP contribution in [0, 0.1) is 12.3 Å². The van der Waals surface area contributed by atoms with Crippen molar-refractivity contribution in [2.45, 2.75) is 6.54 Å². The van der Waals surface area contributed by atoms with E-state index in [1.165, 1.54) is 0 Å². The number of halogens is 2. The summed E-state index contributed by atoms with van der Waals surface area (Å²) in [6, 6.07) is 12.8. The van der Waals surface area contributed by atoms with Crippen LogP contribution in [0.5, 0.6) is 5.75 Å². The Kier molecular flexibility index (Phi) is 6.14. The number of hydrogen-bond donors (Lipinski definition) is 1. The zero-order valence-corrected chi connectivity index (χ0v) is 13.2. The third-order valence-electron chi connectivity index (χ3n) is 2.82. The van der Waals surface area contributed by atoms with Crippen LogP contribution in [0.2, 0.25) is 10.0 Å². The molecule has 0 aliphatic rings. The van der Waals surface area contributed by atoms with Crippen molar-refractivity contribution in [2.24, 2.45) is 5.10 Å². The number of ether oxygens (including phenoxy) is 1. The van der Waals surface area contributed by atoms with E-state index in [4.69, 9.17) is 34.4 Å². The fourth-order valence-corrected chi connectivity index (χ4v) is 2.25. The van der Waals surface area contributed by atoms with Crippen LogP contribution in [0.3, 0.4) is 0 Å². The van der Waals surface area contributed by atoms with Crippen LogP contribution in [0.4, 0.5) is 0 Å². The predicted octanol–water partition coefficient (Wildman–Crippen LogP) is 4.13. The van der Waals surface area contributed by atoms with Gasteiger partial charge in [0.15, 0.2) is 0 Å². The number of hydrogen-bond acceptors (Lipinski definition) is 3. The standard InChI is InChI=1S/C17H14Cl2N2O/c1-2-10-22-14-8-6-13(7-9-14)11-20-21-12-15-16(18)4-3-5-17(15)19/h1,3-9,11,21H,10,12H2/b20-11-. The Morgan fingerprint density at radius 3 is 2.45 bits per heavy atom. The average molecular weight is 333 g/mol. The monoisotopic (exact) mass is 332 g/mol. The summed E-state index contributed by atoms with van der Waals surface area (Å²) in [7, 11) is 0. The second kappa shape index (κ2) is 8.33. The third kappa shape index (κ3) is 4.70. The molecule has 0 unspecified atom stereocenters. The maximum atomic E-state index is 6.08. The second-order valence-corrected chi connectivity index (χ2v) is 5.17. The van der Waals surface area contributed by atoms with Gasteiger partial charge in [-0.05, 0) is 42.0 Å². The smallest absolute Gasteiger partial charge is 0.148 e. The number of benzene rings is 2. The molecule has 0 saturated heterocycles. The van der Waals surface area contributed by atoms with E-state index in [1.54, 1.807) is 24.4 Å². The summed E-state index contributed by atoms with van der Waals surface area (Å²) in [5.41, 5.74) is 4.68. The summed E-state index contributed by atoms with van der Waals surface area (Å²) in [5.74, 6) is 3.14. The van der Waals surface area contributed by atoms with Gasteiger partial charge in [-0.15, -0.1) is 6.42 Å². The number of nitrogens with one attached hydrogen (secondary N) is 1. The van der Waals surface area contributed by atoms with Crippen LogP contribution >= 0.6 is 23.2 Å². The van der Waals surface area contributed by atoms with E-state index in [-0.39, 0.29) is 6.61 Å². The van der Waals surface area contributed by atoms with Gasteiger partial charge in [0, 0.05) is 15.6 Å². The quantitative estimate of drug-likeness (QED) is 0.490. The molecule has 5 heteroatoms. The molecule has 0 atom stereocenters. The zero-order chi connectivity index (χ0) is 15.8. The van der Waals surface area contributed by atoms with Crippen molar-refractivity contribution in [2.75, 3.05) is 6.61 Å². The lowest BCUT2D eigenvalue weighted by Crippen LogP contribution is -2.06. The summed E-state index contributed by atoms with van der Waals surface area (Å²) >= 11 is 12.2. The van der Waals surface area contributed by atoms with Crippen molar-refractivity contribution >= 4 is 29.4 Å². The Morgan fingerprint density at radius 1 is 1.14 bits per heavy atom. The molecule has 112 valence electrons. The van der Waals surface area contributed by atoms with E-state index in [2.05, 4.69) is 16.4 Å². The van der Waals surface area contributed by atoms with E-state index in [1.807, 2.05) is 24.3 Å². The Labute approximate surface area is 139 Å². The van der Waals surface area contributed by atoms with Gasteiger partial charge in [-0.1, -0.05) is 35.2 Å². The Morgan fingerprint density at radius 2 is 1.82 bits per heavy atom. The van der Waals surface area contributed by atoms with Crippen LogP contribution in [-0.2, 0) is 6.54 Å².